The third-order valence-corrected chi connectivity index (χ3v) is 5.44. The van der Waals surface area contributed by atoms with Crippen LogP contribution in [0.1, 0.15) is 30.5 Å². The molecular weight excluding hydrogens is 435 g/mol. The molecule has 1 unspecified atom stereocenters. The molecule has 3 heterocycles. The molecule has 10 heteroatoms. The largest absolute Gasteiger partial charge is 0.480 e. The van der Waals surface area contributed by atoms with Gasteiger partial charge in [-0.05, 0) is 67.6 Å². The molecule has 7 nitrogen and oxygen atoms in total. The molecule has 1 fully saturated rings. The molecule has 1 aliphatic rings. The Morgan fingerprint density at radius 2 is 1.94 bits per heavy atom. The lowest BCUT2D eigenvalue weighted by Crippen LogP contribution is -2.45. The third kappa shape index (κ3) is 5.21. The Balaban J connectivity index is 1.57. The van der Waals surface area contributed by atoms with E-state index in [4.69, 9.17) is 0 Å². The number of anilines is 3. The number of carboxylic acid groups (broad SMARTS) is 1. The zero-order valence-electron chi connectivity index (χ0n) is 17.8. The molecule has 2 aromatic heterocycles. The molecule has 4 rings (SSSR count). The van der Waals surface area contributed by atoms with Crippen molar-refractivity contribution in [2.75, 3.05) is 16.8 Å². The van der Waals surface area contributed by atoms with Gasteiger partial charge in [-0.2, -0.15) is 13.2 Å². The molecular formula is C23H22F3N5O2. The Morgan fingerprint density at radius 1 is 1.12 bits per heavy atom. The van der Waals surface area contributed by atoms with E-state index in [9.17, 15) is 23.1 Å². The fraction of sp³-hybridized carbons (Fsp3) is 0.304. The van der Waals surface area contributed by atoms with Crippen LogP contribution in [0.25, 0.3) is 11.1 Å². The lowest BCUT2D eigenvalue weighted by Gasteiger charge is -2.33. The summed E-state index contributed by atoms with van der Waals surface area (Å²) in [5, 5.41) is 12.3. The number of rotatable bonds is 5. The molecule has 0 amide bonds. The van der Waals surface area contributed by atoms with Gasteiger partial charge in [0.1, 0.15) is 17.6 Å². The Labute approximate surface area is 188 Å². The van der Waals surface area contributed by atoms with E-state index < -0.39 is 23.9 Å². The van der Waals surface area contributed by atoms with Crippen molar-refractivity contribution in [1.82, 2.24) is 15.0 Å². The van der Waals surface area contributed by atoms with Crippen molar-refractivity contribution < 1.29 is 23.1 Å². The SMILES string of the molecule is Cc1cc(Nc2nccc(C(F)(F)F)n2)cc(-c2ccc(N3CCCCC3C(=O)O)nc2)c1. The summed E-state index contributed by atoms with van der Waals surface area (Å²) < 4.78 is 38.8. The minimum atomic E-state index is -4.56. The normalized spacial score (nSPS) is 16.5. The van der Waals surface area contributed by atoms with E-state index in [2.05, 4.69) is 20.3 Å². The monoisotopic (exact) mass is 457 g/mol. The Bertz CT molecular complexity index is 1150. The van der Waals surface area contributed by atoms with Gasteiger partial charge in [-0.25, -0.2) is 19.7 Å². The first kappa shape index (κ1) is 22.5. The van der Waals surface area contributed by atoms with Crippen molar-refractivity contribution in [3.63, 3.8) is 0 Å². The van der Waals surface area contributed by atoms with E-state index in [1.165, 1.54) is 0 Å². The number of nitrogens with zero attached hydrogens (tertiary/aromatic N) is 4. The highest BCUT2D eigenvalue weighted by atomic mass is 19.4. The van der Waals surface area contributed by atoms with Gasteiger partial charge >= 0.3 is 12.1 Å². The summed E-state index contributed by atoms with van der Waals surface area (Å²) in [5.74, 6) is -0.402. The van der Waals surface area contributed by atoms with Gasteiger partial charge in [-0.15, -0.1) is 0 Å². The molecule has 0 saturated carbocycles. The van der Waals surface area contributed by atoms with E-state index in [-0.39, 0.29) is 5.95 Å². The van der Waals surface area contributed by atoms with Crippen LogP contribution in [-0.4, -0.2) is 38.6 Å². The number of nitrogens with one attached hydrogen (secondary N) is 1. The van der Waals surface area contributed by atoms with Crippen molar-refractivity contribution in [2.24, 2.45) is 0 Å². The number of carboxylic acids is 1. The average Bonchev–Trinajstić information content (AvgIpc) is 2.78. The zero-order valence-corrected chi connectivity index (χ0v) is 17.8. The number of aliphatic carboxylic acids is 1. The number of halogens is 3. The highest BCUT2D eigenvalue weighted by Gasteiger charge is 2.33. The van der Waals surface area contributed by atoms with Crippen molar-refractivity contribution in [1.29, 1.82) is 0 Å². The molecule has 1 aliphatic heterocycles. The van der Waals surface area contributed by atoms with E-state index in [0.29, 0.717) is 24.5 Å². The van der Waals surface area contributed by atoms with Gasteiger partial charge in [0.2, 0.25) is 5.95 Å². The quantitative estimate of drug-likeness (QED) is 0.554. The van der Waals surface area contributed by atoms with E-state index in [1.807, 2.05) is 24.0 Å². The number of hydrogen-bond donors (Lipinski definition) is 2. The fourth-order valence-electron chi connectivity index (χ4n) is 3.92. The molecule has 0 aliphatic carbocycles. The van der Waals surface area contributed by atoms with Crippen LogP contribution in [0.2, 0.25) is 0 Å². The number of carbonyl (C=O) groups is 1. The molecule has 0 spiro atoms. The molecule has 33 heavy (non-hydrogen) atoms. The average molecular weight is 457 g/mol. The second kappa shape index (κ2) is 9.05. The van der Waals surface area contributed by atoms with Crippen molar-refractivity contribution in [3.8, 4) is 11.1 Å². The summed E-state index contributed by atoms with van der Waals surface area (Å²) in [6.07, 6.45) is 0.546. The highest BCUT2D eigenvalue weighted by molar-refractivity contribution is 5.78. The summed E-state index contributed by atoms with van der Waals surface area (Å²) in [6, 6.07) is 9.36. The van der Waals surface area contributed by atoms with Gasteiger partial charge in [-0.1, -0.05) is 6.07 Å². The van der Waals surface area contributed by atoms with Crippen LogP contribution in [0.3, 0.4) is 0 Å². The second-order valence-corrected chi connectivity index (χ2v) is 7.92. The standard InChI is InChI=1S/C23H22F3N5O2/c1-14-10-16(12-17(11-14)29-22-27-8-7-19(30-22)23(24,25)26)15-5-6-20(28-13-15)31-9-3-2-4-18(31)21(32)33/h5-8,10-13,18H,2-4,9H2,1H3,(H,32,33)(H,27,29,30). The van der Waals surface area contributed by atoms with E-state index in [1.54, 1.807) is 24.4 Å². The number of hydrogen-bond acceptors (Lipinski definition) is 6. The summed E-state index contributed by atoms with van der Waals surface area (Å²) >= 11 is 0. The summed E-state index contributed by atoms with van der Waals surface area (Å²) in [6.45, 7) is 2.51. The highest BCUT2D eigenvalue weighted by Crippen LogP contribution is 2.30. The molecule has 0 radical (unpaired) electrons. The molecule has 2 N–H and O–H groups in total. The lowest BCUT2D eigenvalue weighted by atomic mass is 10.0. The fourth-order valence-corrected chi connectivity index (χ4v) is 3.92. The Kier molecular flexibility index (Phi) is 6.17. The maximum absolute atomic E-state index is 12.9. The van der Waals surface area contributed by atoms with Crippen LogP contribution in [0.5, 0.6) is 0 Å². The summed E-state index contributed by atoms with van der Waals surface area (Å²) in [4.78, 5) is 25.3. The smallest absolute Gasteiger partial charge is 0.433 e. The minimum absolute atomic E-state index is 0.153. The van der Waals surface area contributed by atoms with Gasteiger partial charge in [0.25, 0.3) is 0 Å². The number of piperidine rings is 1. The predicted octanol–water partition coefficient (Wildman–Crippen LogP) is 5.05. The number of aryl methyl sites for hydroxylation is 1. The first-order valence-electron chi connectivity index (χ1n) is 10.5. The molecule has 172 valence electrons. The number of aromatic nitrogens is 3. The first-order valence-corrected chi connectivity index (χ1v) is 10.5. The maximum Gasteiger partial charge on any atom is 0.433 e. The molecule has 1 saturated heterocycles. The zero-order chi connectivity index (χ0) is 23.6. The topological polar surface area (TPSA) is 91.2 Å². The van der Waals surface area contributed by atoms with Gasteiger partial charge in [-0.3, -0.25) is 0 Å². The Morgan fingerprint density at radius 3 is 2.64 bits per heavy atom. The van der Waals surface area contributed by atoms with Crippen LogP contribution < -0.4 is 10.2 Å². The van der Waals surface area contributed by atoms with E-state index >= 15 is 0 Å². The summed E-state index contributed by atoms with van der Waals surface area (Å²) in [5.41, 5.74) is 1.99. The Hall–Kier alpha value is -3.69. The summed E-state index contributed by atoms with van der Waals surface area (Å²) in [7, 11) is 0. The third-order valence-electron chi connectivity index (χ3n) is 5.44. The lowest BCUT2D eigenvalue weighted by molar-refractivity contribution is -0.141. The van der Waals surface area contributed by atoms with Crippen molar-refractivity contribution in [2.45, 2.75) is 38.4 Å². The number of pyridine rings is 1. The molecule has 1 aromatic carbocycles. The minimum Gasteiger partial charge on any atom is -0.480 e. The molecule has 0 bridgehead atoms. The maximum atomic E-state index is 12.9. The van der Waals surface area contributed by atoms with Crippen molar-refractivity contribution >= 4 is 23.4 Å². The van der Waals surface area contributed by atoms with Crippen molar-refractivity contribution in [3.05, 3.63) is 60.0 Å². The first-order chi connectivity index (χ1) is 15.7. The number of alkyl halides is 3. The van der Waals surface area contributed by atoms with Gasteiger partial charge in [0.15, 0.2) is 0 Å². The molecule has 3 aromatic rings. The van der Waals surface area contributed by atoms with Gasteiger partial charge < -0.3 is 15.3 Å². The van der Waals surface area contributed by atoms with Crippen LogP contribution in [0, 0.1) is 6.92 Å². The van der Waals surface area contributed by atoms with Gasteiger partial charge in [0, 0.05) is 30.2 Å². The molecule has 1 atom stereocenters. The predicted molar refractivity (Wildman–Crippen MR) is 117 cm³/mol. The van der Waals surface area contributed by atoms with Crippen LogP contribution >= 0.6 is 0 Å². The second-order valence-electron chi connectivity index (χ2n) is 7.92. The van der Waals surface area contributed by atoms with Gasteiger partial charge in [0.05, 0.1) is 0 Å². The van der Waals surface area contributed by atoms with Crippen LogP contribution in [0.4, 0.5) is 30.6 Å². The van der Waals surface area contributed by atoms with E-state index in [0.717, 1.165) is 41.8 Å². The van der Waals surface area contributed by atoms with Crippen LogP contribution in [-0.2, 0) is 11.0 Å². The van der Waals surface area contributed by atoms with Crippen LogP contribution in [0.15, 0.2) is 48.8 Å². The number of benzene rings is 1.